The van der Waals surface area contributed by atoms with E-state index in [2.05, 4.69) is 15.7 Å². The van der Waals surface area contributed by atoms with Crippen LogP contribution in [0.15, 0.2) is 65.6 Å². The molecule has 0 spiro atoms. The van der Waals surface area contributed by atoms with Crippen molar-refractivity contribution in [1.29, 1.82) is 0 Å². The molecule has 1 aromatic heterocycles. The summed E-state index contributed by atoms with van der Waals surface area (Å²) < 4.78 is 27.3. The maximum atomic E-state index is 12.8. The number of carbonyl (C=O) groups is 2. The van der Waals surface area contributed by atoms with Crippen molar-refractivity contribution in [2.45, 2.75) is 25.2 Å². The number of benzene rings is 2. The average Bonchev–Trinajstić information content (AvgIpc) is 3.40. The van der Waals surface area contributed by atoms with Gasteiger partial charge in [-0.05, 0) is 30.2 Å². The van der Waals surface area contributed by atoms with Crippen molar-refractivity contribution in [3.63, 3.8) is 0 Å². The van der Waals surface area contributed by atoms with Crippen LogP contribution in [0.3, 0.4) is 0 Å². The number of hydrogen-bond acceptors (Lipinski definition) is 5. The third-order valence-corrected chi connectivity index (χ3v) is 7.43. The number of rotatable bonds is 7. The van der Waals surface area contributed by atoms with Gasteiger partial charge in [-0.2, -0.15) is 0 Å². The van der Waals surface area contributed by atoms with E-state index in [1.807, 2.05) is 50.2 Å². The number of amides is 2. The zero-order valence-corrected chi connectivity index (χ0v) is 19.3. The molecule has 1 aliphatic heterocycles. The molecule has 2 N–H and O–H groups in total. The third-order valence-electron chi connectivity index (χ3n) is 5.35. The SMILES string of the molecule is CC(C)CS(=O)(=O)c1cccc(-c2cc(NC(=O)[C@@H]3CNC(=O)C3)nn2-c2ccccc2)c1. The molecule has 1 aliphatic rings. The Morgan fingerprint density at radius 1 is 1.15 bits per heavy atom. The second kappa shape index (κ2) is 9.19. The van der Waals surface area contributed by atoms with Crippen LogP contribution in [0.2, 0.25) is 0 Å². The van der Waals surface area contributed by atoms with Gasteiger partial charge >= 0.3 is 0 Å². The fourth-order valence-corrected chi connectivity index (χ4v) is 5.48. The maximum Gasteiger partial charge on any atom is 0.230 e. The lowest BCUT2D eigenvalue weighted by molar-refractivity contribution is -0.123. The van der Waals surface area contributed by atoms with Crippen molar-refractivity contribution in [3.05, 3.63) is 60.7 Å². The Kier molecular flexibility index (Phi) is 6.33. The standard InChI is InChI=1S/C24H26N4O4S/c1-16(2)15-33(31,32)20-10-6-7-17(11-20)21-13-22(26-24(30)18-12-23(29)25-14-18)27-28(21)19-8-4-3-5-9-19/h3-11,13,16,18H,12,14-15H2,1-2H3,(H,25,29)(H,26,27,30)/t18-/m0/s1. The van der Waals surface area contributed by atoms with Crippen LogP contribution in [-0.2, 0) is 19.4 Å². The number of anilines is 1. The van der Waals surface area contributed by atoms with Gasteiger partial charge in [0.25, 0.3) is 0 Å². The van der Waals surface area contributed by atoms with E-state index in [9.17, 15) is 18.0 Å². The molecule has 1 atom stereocenters. The fraction of sp³-hybridized carbons (Fsp3) is 0.292. The third kappa shape index (κ3) is 5.14. The van der Waals surface area contributed by atoms with E-state index < -0.39 is 15.8 Å². The lowest BCUT2D eigenvalue weighted by atomic mass is 10.1. The minimum absolute atomic E-state index is 0.00674. The molecular weight excluding hydrogens is 440 g/mol. The Bertz CT molecular complexity index is 1280. The van der Waals surface area contributed by atoms with Gasteiger partial charge in [-0.25, -0.2) is 13.1 Å². The van der Waals surface area contributed by atoms with Crippen LogP contribution in [0, 0.1) is 11.8 Å². The first-order valence-corrected chi connectivity index (χ1v) is 12.4. The topological polar surface area (TPSA) is 110 Å². The van der Waals surface area contributed by atoms with Gasteiger partial charge in [-0.3, -0.25) is 9.59 Å². The first-order chi connectivity index (χ1) is 15.7. The smallest absolute Gasteiger partial charge is 0.230 e. The quantitative estimate of drug-likeness (QED) is 0.556. The van der Waals surface area contributed by atoms with E-state index in [1.54, 1.807) is 28.9 Å². The highest BCUT2D eigenvalue weighted by molar-refractivity contribution is 7.91. The Labute approximate surface area is 192 Å². The highest BCUT2D eigenvalue weighted by Gasteiger charge is 2.28. The van der Waals surface area contributed by atoms with Crippen molar-refractivity contribution in [2.75, 3.05) is 17.6 Å². The Balaban J connectivity index is 1.72. The number of carbonyl (C=O) groups excluding carboxylic acids is 2. The molecule has 1 saturated heterocycles. The van der Waals surface area contributed by atoms with E-state index in [0.717, 1.165) is 5.69 Å². The van der Waals surface area contributed by atoms with Gasteiger partial charge in [-0.15, -0.1) is 5.10 Å². The Morgan fingerprint density at radius 3 is 2.58 bits per heavy atom. The van der Waals surface area contributed by atoms with E-state index in [1.165, 1.54) is 0 Å². The van der Waals surface area contributed by atoms with Crippen LogP contribution in [-0.4, -0.2) is 42.3 Å². The van der Waals surface area contributed by atoms with Crippen molar-refractivity contribution in [2.24, 2.45) is 11.8 Å². The number of aromatic nitrogens is 2. The summed E-state index contributed by atoms with van der Waals surface area (Å²) in [7, 11) is -3.43. The van der Waals surface area contributed by atoms with Gasteiger partial charge < -0.3 is 10.6 Å². The zero-order valence-electron chi connectivity index (χ0n) is 18.5. The minimum Gasteiger partial charge on any atom is -0.355 e. The summed E-state index contributed by atoms with van der Waals surface area (Å²) in [6.45, 7) is 4.04. The van der Waals surface area contributed by atoms with Gasteiger partial charge in [0.2, 0.25) is 11.8 Å². The van der Waals surface area contributed by atoms with Crippen LogP contribution in [0.1, 0.15) is 20.3 Å². The van der Waals surface area contributed by atoms with Gasteiger partial charge in [0.1, 0.15) is 0 Å². The van der Waals surface area contributed by atoms with Crippen LogP contribution in [0.25, 0.3) is 16.9 Å². The molecule has 33 heavy (non-hydrogen) atoms. The van der Waals surface area contributed by atoms with E-state index >= 15 is 0 Å². The largest absolute Gasteiger partial charge is 0.355 e. The predicted octanol–water partition coefficient (Wildman–Crippen LogP) is 3.04. The second-order valence-corrected chi connectivity index (χ2v) is 10.6. The first kappa shape index (κ1) is 22.7. The van der Waals surface area contributed by atoms with E-state index in [0.29, 0.717) is 23.6 Å². The lowest BCUT2D eigenvalue weighted by Gasteiger charge is -2.10. The molecule has 172 valence electrons. The average molecular weight is 467 g/mol. The van der Waals surface area contributed by atoms with Crippen molar-refractivity contribution >= 4 is 27.5 Å². The molecule has 0 unspecified atom stereocenters. The lowest BCUT2D eigenvalue weighted by Crippen LogP contribution is -2.24. The van der Waals surface area contributed by atoms with Gasteiger partial charge in [-0.1, -0.05) is 44.2 Å². The van der Waals surface area contributed by atoms with E-state index in [-0.39, 0.29) is 34.8 Å². The van der Waals surface area contributed by atoms with Crippen molar-refractivity contribution < 1.29 is 18.0 Å². The van der Waals surface area contributed by atoms with Crippen LogP contribution in [0.5, 0.6) is 0 Å². The fourth-order valence-electron chi connectivity index (χ4n) is 3.82. The number of hydrogen-bond donors (Lipinski definition) is 2. The molecule has 0 radical (unpaired) electrons. The zero-order chi connectivity index (χ0) is 23.6. The van der Waals surface area contributed by atoms with Gasteiger partial charge in [0.15, 0.2) is 15.7 Å². The Morgan fingerprint density at radius 2 is 1.91 bits per heavy atom. The van der Waals surface area contributed by atoms with Crippen molar-refractivity contribution in [3.8, 4) is 16.9 Å². The van der Waals surface area contributed by atoms with Crippen LogP contribution >= 0.6 is 0 Å². The number of nitrogens with one attached hydrogen (secondary N) is 2. The summed E-state index contributed by atoms with van der Waals surface area (Å²) in [5, 5.41) is 10.0. The molecule has 2 heterocycles. The minimum atomic E-state index is -3.43. The van der Waals surface area contributed by atoms with Crippen LogP contribution in [0.4, 0.5) is 5.82 Å². The predicted molar refractivity (Wildman–Crippen MR) is 126 cm³/mol. The summed E-state index contributed by atoms with van der Waals surface area (Å²) in [6, 6.07) is 17.9. The summed E-state index contributed by atoms with van der Waals surface area (Å²) in [6.07, 6.45) is 0.147. The molecule has 3 aromatic rings. The molecule has 0 saturated carbocycles. The second-order valence-electron chi connectivity index (χ2n) is 8.56. The molecule has 8 nitrogen and oxygen atoms in total. The summed E-state index contributed by atoms with van der Waals surface area (Å²) in [4.78, 5) is 24.3. The Hall–Kier alpha value is -3.46. The highest BCUT2D eigenvalue weighted by Crippen LogP contribution is 2.29. The molecule has 4 rings (SSSR count). The molecule has 2 amide bonds. The molecule has 2 aromatic carbocycles. The van der Waals surface area contributed by atoms with Gasteiger partial charge in [0.05, 0.1) is 27.9 Å². The molecule has 0 bridgehead atoms. The normalized spacial score (nSPS) is 16.1. The van der Waals surface area contributed by atoms with E-state index in [4.69, 9.17) is 0 Å². The molecular formula is C24H26N4O4S. The summed E-state index contributed by atoms with van der Waals surface area (Å²) >= 11 is 0. The molecule has 1 fully saturated rings. The number of sulfone groups is 1. The number of para-hydroxylation sites is 1. The monoisotopic (exact) mass is 466 g/mol. The van der Waals surface area contributed by atoms with Crippen molar-refractivity contribution in [1.82, 2.24) is 15.1 Å². The maximum absolute atomic E-state index is 12.8. The first-order valence-electron chi connectivity index (χ1n) is 10.8. The summed E-state index contributed by atoms with van der Waals surface area (Å²) in [5.74, 6) is -0.492. The highest BCUT2D eigenvalue weighted by atomic mass is 32.2. The van der Waals surface area contributed by atoms with Gasteiger partial charge in [0, 0.05) is 24.6 Å². The molecule has 9 heteroatoms. The summed E-state index contributed by atoms with van der Waals surface area (Å²) in [5.41, 5.74) is 2.06. The molecule has 0 aliphatic carbocycles. The van der Waals surface area contributed by atoms with Crippen LogP contribution < -0.4 is 10.6 Å². The number of nitrogens with zero attached hydrogens (tertiary/aromatic N) is 2.